The van der Waals surface area contributed by atoms with Gasteiger partial charge in [-0.1, -0.05) is 29.3 Å². The number of nitrogen functional groups attached to an aromatic ring is 1. The number of hydrogen-bond acceptors (Lipinski definition) is 4. The second kappa shape index (κ2) is 7.73. The van der Waals surface area contributed by atoms with Gasteiger partial charge < -0.3 is 16.4 Å². The number of benzene rings is 2. The zero-order valence-corrected chi connectivity index (χ0v) is 15.0. The van der Waals surface area contributed by atoms with E-state index in [0.29, 0.717) is 16.4 Å². The summed E-state index contributed by atoms with van der Waals surface area (Å²) in [7, 11) is 0. The lowest BCUT2D eigenvalue weighted by atomic mass is 10.1. The van der Waals surface area contributed by atoms with E-state index in [4.69, 9.17) is 17.3 Å². The van der Waals surface area contributed by atoms with Crippen molar-refractivity contribution in [1.82, 2.24) is 0 Å². The van der Waals surface area contributed by atoms with Gasteiger partial charge in [-0.15, -0.1) is 0 Å². The average molecular weight is 355 g/mol. The molecule has 25 heavy (non-hydrogen) atoms. The summed E-state index contributed by atoms with van der Waals surface area (Å²) in [6.07, 6.45) is 1.40. The minimum atomic E-state index is -0.529. The molecule has 0 aromatic heterocycles. The molecule has 0 unspecified atom stereocenters. The highest BCUT2D eigenvalue weighted by atomic mass is 35.5. The van der Waals surface area contributed by atoms with Crippen molar-refractivity contribution in [3.8, 4) is 6.07 Å². The van der Waals surface area contributed by atoms with E-state index in [0.717, 1.165) is 22.4 Å². The van der Waals surface area contributed by atoms with Gasteiger partial charge in [-0.3, -0.25) is 4.79 Å². The van der Waals surface area contributed by atoms with Crippen LogP contribution in [0, 0.1) is 32.1 Å². The molecular formula is C19H19ClN4O. The highest BCUT2D eigenvalue weighted by molar-refractivity contribution is 6.33. The third-order valence-corrected chi connectivity index (χ3v) is 3.99. The molecule has 2 aromatic carbocycles. The lowest BCUT2D eigenvalue weighted by Crippen LogP contribution is -2.14. The number of rotatable bonds is 4. The quantitative estimate of drug-likeness (QED) is 0.433. The van der Waals surface area contributed by atoms with Crippen LogP contribution in [0.1, 0.15) is 16.7 Å². The second-order valence-corrected chi connectivity index (χ2v) is 6.19. The Morgan fingerprint density at radius 3 is 2.40 bits per heavy atom. The smallest absolute Gasteiger partial charge is 0.267 e. The summed E-state index contributed by atoms with van der Waals surface area (Å²) in [5.41, 5.74) is 10.6. The van der Waals surface area contributed by atoms with Crippen molar-refractivity contribution in [3.05, 3.63) is 63.8 Å². The Balaban J connectivity index is 2.18. The van der Waals surface area contributed by atoms with Crippen molar-refractivity contribution >= 4 is 34.6 Å². The summed E-state index contributed by atoms with van der Waals surface area (Å²) >= 11 is 5.93. The van der Waals surface area contributed by atoms with Crippen molar-refractivity contribution in [2.24, 2.45) is 0 Å². The Labute approximate surface area is 152 Å². The zero-order valence-electron chi connectivity index (χ0n) is 14.3. The lowest BCUT2D eigenvalue weighted by Gasteiger charge is -2.11. The molecule has 5 nitrogen and oxygen atoms in total. The van der Waals surface area contributed by atoms with Crippen LogP contribution in [0.25, 0.3) is 0 Å². The van der Waals surface area contributed by atoms with Gasteiger partial charge in [-0.05, 0) is 50.1 Å². The Kier molecular flexibility index (Phi) is 5.68. The van der Waals surface area contributed by atoms with Crippen LogP contribution in [-0.4, -0.2) is 5.91 Å². The molecule has 0 fully saturated rings. The maximum atomic E-state index is 12.3. The van der Waals surface area contributed by atoms with Crippen molar-refractivity contribution < 1.29 is 4.79 Å². The minimum absolute atomic E-state index is 0.0488. The molecular weight excluding hydrogens is 336 g/mol. The van der Waals surface area contributed by atoms with Gasteiger partial charge in [-0.2, -0.15) is 5.26 Å². The van der Waals surface area contributed by atoms with Crippen LogP contribution in [0.4, 0.5) is 17.1 Å². The maximum Gasteiger partial charge on any atom is 0.267 e. The van der Waals surface area contributed by atoms with Crippen molar-refractivity contribution in [2.75, 3.05) is 16.4 Å². The first kappa shape index (κ1) is 18.4. The number of nitrogens with zero attached hydrogens (tertiary/aromatic N) is 1. The van der Waals surface area contributed by atoms with E-state index in [-0.39, 0.29) is 5.57 Å². The molecule has 128 valence electrons. The van der Waals surface area contributed by atoms with Crippen molar-refractivity contribution in [2.45, 2.75) is 20.8 Å². The van der Waals surface area contributed by atoms with Gasteiger partial charge in [0.2, 0.25) is 0 Å². The topological polar surface area (TPSA) is 90.9 Å². The van der Waals surface area contributed by atoms with Gasteiger partial charge in [0.25, 0.3) is 5.91 Å². The molecule has 0 radical (unpaired) electrons. The number of aryl methyl sites for hydroxylation is 3. The first-order valence-corrected chi connectivity index (χ1v) is 8.00. The number of anilines is 3. The summed E-state index contributed by atoms with van der Waals surface area (Å²) in [6.45, 7) is 5.96. The fraction of sp³-hybridized carbons (Fsp3) is 0.158. The highest BCUT2D eigenvalue weighted by Crippen LogP contribution is 2.24. The molecule has 0 bridgehead atoms. The van der Waals surface area contributed by atoms with Gasteiger partial charge in [-0.25, -0.2) is 0 Å². The Hall–Kier alpha value is -2.97. The molecule has 2 rings (SSSR count). The van der Waals surface area contributed by atoms with E-state index in [9.17, 15) is 10.1 Å². The summed E-state index contributed by atoms with van der Waals surface area (Å²) < 4.78 is 0. The van der Waals surface area contributed by atoms with E-state index in [2.05, 4.69) is 10.6 Å². The van der Waals surface area contributed by atoms with Gasteiger partial charge >= 0.3 is 0 Å². The van der Waals surface area contributed by atoms with Crippen LogP contribution in [0.5, 0.6) is 0 Å². The highest BCUT2D eigenvalue weighted by Gasteiger charge is 2.11. The Morgan fingerprint density at radius 1 is 1.20 bits per heavy atom. The van der Waals surface area contributed by atoms with E-state index in [1.807, 2.05) is 39.0 Å². The number of nitriles is 1. The molecule has 0 aliphatic carbocycles. The first-order valence-electron chi connectivity index (χ1n) is 7.63. The fourth-order valence-corrected chi connectivity index (χ4v) is 2.68. The van der Waals surface area contributed by atoms with Crippen molar-refractivity contribution in [3.63, 3.8) is 0 Å². The third kappa shape index (κ3) is 4.52. The predicted octanol–water partition coefficient (Wildman–Crippen LogP) is 4.31. The molecule has 2 aromatic rings. The summed E-state index contributed by atoms with van der Waals surface area (Å²) in [6, 6.07) is 10.7. The molecule has 0 aliphatic heterocycles. The largest absolute Gasteiger partial charge is 0.398 e. The van der Waals surface area contributed by atoms with Crippen LogP contribution < -0.4 is 16.4 Å². The summed E-state index contributed by atoms with van der Waals surface area (Å²) in [4.78, 5) is 12.3. The lowest BCUT2D eigenvalue weighted by molar-refractivity contribution is -0.112. The Morgan fingerprint density at radius 2 is 1.84 bits per heavy atom. The van der Waals surface area contributed by atoms with Gasteiger partial charge in [0, 0.05) is 17.6 Å². The molecule has 0 aliphatic rings. The summed E-state index contributed by atoms with van der Waals surface area (Å²) in [5, 5.41) is 15.3. The average Bonchev–Trinajstić information content (AvgIpc) is 2.53. The predicted molar refractivity (Wildman–Crippen MR) is 102 cm³/mol. The SMILES string of the molecule is Cc1cc(C)c(N/C=C(/C#N)C(=O)Nc2ccc(N)c(Cl)c2)c(C)c1. The Bertz CT molecular complexity index is 874. The van der Waals surface area contributed by atoms with Gasteiger partial charge in [0.15, 0.2) is 0 Å². The fourth-order valence-electron chi connectivity index (χ4n) is 2.50. The van der Waals surface area contributed by atoms with Crippen molar-refractivity contribution in [1.29, 1.82) is 5.26 Å². The number of nitrogens with one attached hydrogen (secondary N) is 2. The number of carbonyl (C=O) groups is 1. The van der Waals surface area contributed by atoms with Crippen LogP contribution >= 0.6 is 11.6 Å². The van der Waals surface area contributed by atoms with E-state index >= 15 is 0 Å². The molecule has 0 spiro atoms. The minimum Gasteiger partial charge on any atom is -0.398 e. The standard InChI is InChI=1S/C19H19ClN4O/c1-11-6-12(2)18(13(3)7-11)23-10-14(9-21)19(25)24-15-4-5-17(22)16(20)8-15/h4-8,10,23H,22H2,1-3H3,(H,24,25)/b14-10-. The second-order valence-electron chi connectivity index (χ2n) is 5.78. The number of halogens is 1. The number of amides is 1. The number of carbonyl (C=O) groups excluding carboxylic acids is 1. The molecule has 0 heterocycles. The maximum absolute atomic E-state index is 12.3. The molecule has 1 amide bonds. The van der Waals surface area contributed by atoms with Crippen LogP contribution in [0.2, 0.25) is 5.02 Å². The zero-order chi connectivity index (χ0) is 18.6. The van der Waals surface area contributed by atoms with Gasteiger partial charge in [0.05, 0.1) is 10.7 Å². The van der Waals surface area contributed by atoms with E-state index in [1.54, 1.807) is 12.1 Å². The monoisotopic (exact) mass is 354 g/mol. The first-order chi connectivity index (χ1) is 11.8. The molecule has 4 N–H and O–H groups in total. The number of hydrogen-bond donors (Lipinski definition) is 3. The van der Waals surface area contributed by atoms with E-state index < -0.39 is 5.91 Å². The third-order valence-electron chi connectivity index (χ3n) is 3.66. The van der Waals surface area contributed by atoms with Crippen LogP contribution in [0.3, 0.4) is 0 Å². The van der Waals surface area contributed by atoms with Gasteiger partial charge in [0.1, 0.15) is 11.6 Å². The normalized spacial score (nSPS) is 10.9. The number of nitrogens with two attached hydrogens (primary N) is 1. The van der Waals surface area contributed by atoms with E-state index in [1.165, 1.54) is 12.3 Å². The summed E-state index contributed by atoms with van der Waals surface area (Å²) in [5.74, 6) is -0.529. The molecule has 0 saturated heterocycles. The molecule has 0 saturated carbocycles. The molecule has 0 atom stereocenters. The molecule has 6 heteroatoms. The van der Waals surface area contributed by atoms with Crippen LogP contribution in [0.15, 0.2) is 42.1 Å². The van der Waals surface area contributed by atoms with Crippen LogP contribution in [-0.2, 0) is 4.79 Å².